The van der Waals surface area contributed by atoms with Gasteiger partial charge in [0, 0.05) is 20.0 Å². The molecular formula is C13H17NO3. The van der Waals surface area contributed by atoms with Crippen molar-refractivity contribution in [2.75, 3.05) is 13.7 Å². The molecule has 0 heterocycles. The van der Waals surface area contributed by atoms with Gasteiger partial charge in [0.1, 0.15) is 0 Å². The van der Waals surface area contributed by atoms with Crippen molar-refractivity contribution in [3.8, 4) is 0 Å². The van der Waals surface area contributed by atoms with Crippen LogP contribution >= 0.6 is 0 Å². The molecule has 0 aliphatic rings. The summed E-state index contributed by atoms with van der Waals surface area (Å²) in [5.74, 6) is -0.345. The summed E-state index contributed by atoms with van der Waals surface area (Å²) in [7, 11) is 1.34. The third kappa shape index (κ3) is 4.68. The van der Waals surface area contributed by atoms with Gasteiger partial charge in [0.25, 0.3) is 0 Å². The fourth-order valence-electron chi connectivity index (χ4n) is 1.48. The number of benzene rings is 1. The Morgan fingerprint density at radius 1 is 1.24 bits per heavy atom. The van der Waals surface area contributed by atoms with Gasteiger partial charge in [-0.1, -0.05) is 30.3 Å². The van der Waals surface area contributed by atoms with Crippen LogP contribution in [0.25, 0.3) is 0 Å². The molecule has 0 saturated carbocycles. The lowest BCUT2D eigenvalue weighted by Crippen LogP contribution is -2.30. The first-order chi connectivity index (χ1) is 8.13. The van der Waals surface area contributed by atoms with Crippen molar-refractivity contribution in [2.24, 2.45) is 0 Å². The molecule has 1 amide bonds. The zero-order valence-electron chi connectivity index (χ0n) is 10.2. The molecule has 0 unspecified atom stereocenters. The summed E-state index contributed by atoms with van der Waals surface area (Å²) in [5.41, 5.74) is 1.05. The van der Waals surface area contributed by atoms with E-state index in [-0.39, 0.29) is 18.3 Å². The second kappa shape index (κ2) is 6.68. The van der Waals surface area contributed by atoms with Crippen LogP contribution in [0.5, 0.6) is 0 Å². The normalized spacial score (nSPS) is 9.76. The van der Waals surface area contributed by atoms with E-state index < -0.39 is 0 Å². The number of esters is 1. The number of nitrogens with zero attached hydrogens (tertiary/aromatic N) is 1. The van der Waals surface area contributed by atoms with Crippen LogP contribution in [0.1, 0.15) is 18.9 Å². The highest BCUT2D eigenvalue weighted by molar-refractivity contribution is 5.75. The third-order valence-electron chi connectivity index (χ3n) is 2.48. The molecule has 0 spiro atoms. The maximum Gasteiger partial charge on any atom is 0.307 e. The number of rotatable bonds is 5. The fourth-order valence-corrected chi connectivity index (χ4v) is 1.48. The van der Waals surface area contributed by atoms with Crippen molar-refractivity contribution in [1.82, 2.24) is 4.90 Å². The summed E-state index contributed by atoms with van der Waals surface area (Å²) in [6, 6.07) is 9.68. The van der Waals surface area contributed by atoms with Gasteiger partial charge in [-0.15, -0.1) is 0 Å². The van der Waals surface area contributed by atoms with Crippen LogP contribution in [0.2, 0.25) is 0 Å². The Morgan fingerprint density at radius 3 is 2.41 bits per heavy atom. The van der Waals surface area contributed by atoms with Crippen LogP contribution in [0.4, 0.5) is 0 Å². The molecule has 0 aromatic heterocycles. The Bertz CT molecular complexity index is 376. The quantitative estimate of drug-likeness (QED) is 0.728. The lowest BCUT2D eigenvalue weighted by Gasteiger charge is -2.20. The summed E-state index contributed by atoms with van der Waals surface area (Å²) < 4.78 is 4.55. The Balaban J connectivity index is 2.55. The zero-order chi connectivity index (χ0) is 12.7. The van der Waals surface area contributed by atoms with Crippen molar-refractivity contribution in [3.05, 3.63) is 35.9 Å². The van der Waals surface area contributed by atoms with E-state index in [0.717, 1.165) is 5.56 Å². The molecular weight excluding hydrogens is 218 g/mol. The molecule has 0 atom stereocenters. The van der Waals surface area contributed by atoms with E-state index in [1.807, 2.05) is 30.3 Å². The summed E-state index contributed by atoms with van der Waals surface area (Å²) in [6.07, 6.45) is 0.225. The average molecular weight is 235 g/mol. The molecule has 1 rings (SSSR count). The standard InChI is InChI=1S/C13H17NO3/c1-11(15)14(9-8-13(16)17-2)10-12-6-4-3-5-7-12/h3-7H,8-10H2,1-2H3. The van der Waals surface area contributed by atoms with Crippen molar-refractivity contribution >= 4 is 11.9 Å². The molecule has 0 fully saturated rings. The van der Waals surface area contributed by atoms with Gasteiger partial charge >= 0.3 is 5.97 Å². The molecule has 0 bridgehead atoms. The molecule has 0 radical (unpaired) electrons. The highest BCUT2D eigenvalue weighted by atomic mass is 16.5. The van der Waals surface area contributed by atoms with Crippen molar-refractivity contribution < 1.29 is 14.3 Å². The molecule has 0 N–H and O–H groups in total. The number of methoxy groups -OCH3 is 1. The van der Waals surface area contributed by atoms with Crippen LogP contribution < -0.4 is 0 Å². The van der Waals surface area contributed by atoms with E-state index in [0.29, 0.717) is 13.1 Å². The minimum absolute atomic E-state index is 0.0437. The van der Waals surface area contributed by atoms with Crippen LogP contribution in [-0.2, 0) is 20.9 Å². The second-order valence-electron chi connectivity index (χ2n) is 3.75. The molecule has 1 aromatic carbocycles. The molecule has 0 aliphatic heterocycles. The Kier molecular flexibility index (Phi) is 5.20. The monoisotopic (exact) mass is 235 g/mol. The maximum absolute atomic E-state index is 11.4. The molecule has 4 heteroatoms. The summed E-state index contributed by atoms with van der Waals surface area (Å²) in [5, 5.41) is 0. The summed E-state index contributed by atoms with van der Waals surface area (Å²) >= 11 is 0. The van der Waals surface area contributed by atoms with Crippen LogP contribution in [0.15, 0.2) is 30.3 Å². The summed E-state index contributed by atoms with van der Waals surface area (Å²) in [4.78, 5) is 24.1. The van der Waals surface area contributed by atoms with Crippen LogP contribution in [0.3, 0.4) is 0 Å². The Hall–Kier alpha value is -1.84. The van der Waals surface area contributed by atoms with E-state index in [1.54, 1.807) is 4.90 Å². The van der Waals surface area contributed by atoms with E-state index in [9.17, 15) is 9.59 Å². The maximum atomic E-state index is 11.4. The van der Waals surface area contributed by atoms with E-state index in [1.165, 1.54) is 14.0 Å². The topological polar surface area (TPSA) is 46.6 Å². The van der Waals surface area contributed by atoms with Gasteiger partial charge in [-0.3, -0.25) is 9.59 Å². The van der Waals surface area contributed by atoms with E-state index >= 15 is 0 Å². The molecule has 17 heavy (non-hydrogen) atoms. The number of amides is 1. The number of hydrogen-bond acceptors (Lipinski definition) is 3. The lowest BCUT2D eigenvalue weighted by atomic mass is 10.2. The average Bonchev–Trinajstić information content (AvgIpc) is 2.34. The predicted octanol–water partition coefficient (Wildman–Crippen LogP) is 1.60. The van der Waals surface area contributed by atoms with Gasteiger partial charge in [0.2, 0.25) is 5.91 Å². The SMILES string of the molecule is COC(=O)CCN(Cc1ccccc1)C(C)=O. The summed E-state index contributed by atoms with van der Waals surface area (Å²) in [6.45, 7) is 2.41. The van der Waals surface area contributed by atoms with Gasteiger partial charge < -0.3 is 9.64 Å². The van der Waals surface area contributed by atoms with Gasteiger partial charge in [-0.2, -0.15) is 0 Å². The van der Waals surface area contributed by atoms with Crippen LogP contribution in [0, 0.1) is 0 Å². The van der Waals surface area contributed by atoms with Crippen molar-refractivity contribution in [1.29, 1.82) is 0 Å². The Morgan fingerprint density at radius 2 is 1.88 bits per heavy atom. The lowest BCUT2D eigenvalue weighted by molar-refractivity contribution is -0.141. The van der Waals surface area contributed by atoms with Crippen molar-refractivity contribution in [2.45, 2.75) is 19.9 Å². The van der Waals surface area contributed by atoms with Gasteiger partial charge in [0.15, 0.2) is 0 Å². The smallest absolute Gasteiger partial charge is 0.307 e. The minimum Gasteiger partial charge on any atom is -0.469 e. The third-order valence-corrected chi connectivity index (χ3v) is 2.48. The zero-order valence-corrected chi connectivity index (χ0v) is 10.2. The largest absolute Gasteiger partial charge is 0.469 e. The number of carbonyl (C=O) groups is 2. The minimum atomic E-state index is -0.302. The molecule has 1 aromatic rings. The first kappa shape index (κ1) is 13.2. The molecule has 4 nitrogen and oxygen atoms in total. The highest BCUT2D eigenvalue weighted by Gasteiger charge is 2.11. The number of hydrogen-bond donors (Lipinski definition) is 0. The Labute approximate surface area is 101 Å². The molecule has 92 valence electrons. The van der Waals surface area contributed by atoms with E-state index in [4.69, 9.17) is 0 Å². The number of carbonyl (C=O) groups excluding carboxylic acids is 2. The second-order valence-corrected chi connectivity index (χ2v) is 3.75. The molecule has 0 aliphatic carbocycles. The highest BCUT2D eigenvalue weighted by Crippen LogP contribution is 2.05. The first-order valence-electron chi connectivity index (χ1n) is 5.49. The van der Waals surface area contributed by atoms with Gasteiger partial charge in [-0.25, -0.2) is 0 Å². The first-order valence-corrected chi connectivity index (χ1v) is 5.49. The van der Waals surface area contributed by atoms with Crippen LogP contribution in [-0.4, -0.2) is 30.4 Å². The van der Waals surface area contributed by atoms with Crippen molar-refractivity contribution in [3.63, 3.8) is 0 Å². The van der Waals surface area contributed by atoms with Gasteiger partial charge in [-0.05, 0) is 5.56 Å². The fraction of sp³-hybridized carbons (Fsp3) is 0.385. The number of ether oxygens (including phenoxy) is 1. The molecule has 0 saturated heterocycles. The van der Waals surface area contributed by atoms with E-state index in [2.05, 4.69) is 4.74 Å². The van der Waals surface area contributed by atoms with Gasteiger partial charge in [0.05, 0.1) is 13.5 Å². The predicted molar refractivity (Wildman–Crippen MR) is 64.2 cm³/mol.